The van der Waals surface area contributed by atoms with Gasteiger partial charge in [0.25, 0.3) is 5.56 Å². The van der Waals surface area contributed by atoms with E-state index >= 15 is 0 Å². The SMILES string of the molecule is COC(=O)Cn1cc(-c2cnc(C)nc2OC[C@H]2C[C@@H]2c2ccc(C)cn2)ccc1=O. The topological polar surface area (TPSA) is 96.2 Å². The Morgan fingerprint density at radius 3 is 2.74 bits per heavy atom. The number of ether oxygens (including phenoxy) is 2. The fourth-order valence-corrected chi connectivity index (χ4v) is 3.45. The van der Waals surface area contributed by atoms with Crippen molar-refractivity contribution in [3.05, 3.63) is 70.3 Å². The van der Waals surface area contributed by atoms with E-state index in [9.17, 15) is 9.59 Å². The van der Waals surface area contributed by atoms with Crippen LogP contribution < -0.4 is 10.3 Å². The number of hydrogen-bond acceptors (Lipinski definition) is 7. The average molecular weight is 420 g/mol. The highest BCUT2D eigenvalue weighted by Gasteiger charge is 2.40. The van der Waals surface area contributed by atoms with E-state index in [-0.39, 0.29) is 12.1 Å². The van der Waals surface area contributed by atoms with Gasteiger partial charge in [-0.25, -0.2) is 4.98 Å². The van der Waals surface area contributed by atoms with Crippen LogP contribution in [0.4, 0.5) is 0 Å². The van der Waals surface area contributed by atoms with Gasteiger partial charge in [-0.1, -0.05) is 6.07 Å². The van der Waals surface area contributed by atoms with Crippen LogP contribution >= 0.6 is 0 Å². The molecule has 160 valence electrons. The molecule has 0 spiro atoms. The van der Waals surface area contributed by atoms with Gasteiger partial charge < -0.3 is 14.0 Å². The number of aromatic nitrogens is 4. The first kappa shape index (κ1) is 20.7. The number of carbonyl (C=O) groups excluding carboxylic acids is 1. The van der Waals surface area contributed by atoms with E-state index in [2.05, 4.69) is 31.8 Å². The summed E-state index contributed by atoms with van der Waals surface area (Å²) in [6, 6.07) is 7.23. The third-order valence-electron chi connectivity index (χ3n) is 5.37. The lowest BCUT2D eigenvalue weighted by molar-refractivity contribution is -0.141. The van der Waals surface area contributed by atoms with Crippen molar-refractivity contribution in [1.29, 1.82) is 0 Å². The van der Waals surface area contributed by atoms with Gasteiger partial charge in [-0.15, -0.1) is 0 Å². The number of methoxy groups -OCH3 is 1. The van der Waals surface area contributed by atoms with E-state index in [0.29, 0.717) is 41.3 Å². The largest absolute Gasteiger partial charge is 0.477 e. The van der Waals surface area contributed by atoms with Gasteiger partial charge in [0.05, 0.1) is 19.3 Å². The standard InChI is InChI=1S/C23H24N4O4/c1-14-4-6-20(25-9-14)18-8-17(18)13-31-23-19(10-24-15(2)26-23)16-5-7-21(28)27(11-16)12-22(29)30-3/h4-7,9-11,17-18H,8,12-13H2,1-3H3/t17-,18+/m1/s1. The summed E-state index contributed by atoms with van der Waals surface area (Å²) < 4.78 is 12.0. The highest BCUT2D eigenvalue weighted by Crippen LogP contribution is 2.47. The summed E-state index contributed by atoms with van der Waals surface area (Å²) in [6.45, 7) is 4.17. The minimum atomic E-state index is -0.500. The lowest BCUT2D eigenvalue weighted by atomic mass is 10.1. The first-order chi connectivity index (χ1) is 14.9. The van der Waals surface area contributed by atoms with Gasteiger partial charge >= 0.3 is 5.97 Å². The zero-order chi connectivity index (χ0) is 22.0. The molecule has 0 amide bonds. The molecule has 0 unspecified atom stereocenters. The van der Waals surface area contributed by atoms with E-state index < -0.39 is 5.97 Å². The van der Waals surface area contributed by atoms with Gasteiger partial charge in [0.2, 0.25) is 5.88 Å². The smallest absolute Gasteiger partial charge is 0.325 e. The second-order valence-corrected chi connectivity index (χ2v) is 7.77. The Morgan fingerprint density at radius 1 is 1.16 bits per heavy atom. The highest BCUT2D eigenvalue weighted by atomic mass is 16.5. The summed E-state index contributed by atoms with van der Waals surface area (Å²) in [6.07, 6.45) is 6.18. The first-order valence-corrected chi connectivity index (χ1v) is 10.1. The van der Waals surface area contributed by atoms with Crippen LogP contribution in [0.5, 0.6) is 5.88 Å². The molecule has 8 nitrogen and oxygen atoms in total. The van der Waals surface area contributed by atoms with Crippen LogP contribution in [0.1, 0.15) is 29.4 Å². The van der Waals surface area contributed by atoms with Gasteiger partial charge in [0.1, 0.15) is 12.4 Å². The van der Waals surface area contributed by atoms with E-state index in [4.69, 9.17) is 4.74 Å². The van der Waals surface area contributed by atoms with Gasteiger partial charge in [0, 0.05) is 47.8 Å². The first-order valence-electron chi connectivity index (χ1n) is 10.1. The second kappa shape index (κ2) is 8.67. The van der Waals surface area contributed by atoms with Crippen molar-refractivity contribution in [3.8, 4) is 17.0 Å². The van der Waals surface area contributed by atoms with Crippen LogP contribution in [-0.4, -0.2) is 39.2 Å². The summed E-state index contributed by atoms with van der Waals surface area (Å²) >= 11 is 0. The molecule has 1 saturated carbocycles. The number of hydrogen-bond donors (Lipinski definition) is 0. The van der Waals surface area contributed by atoms with Crippen LogP contribution in [-0.2, 0) is 16.1 Å². The number of nitrogens with zero attached hydrogens (tertiary/aromatic N) is 4. The van der Waals surface area contributed by atoms with E-state index in [1.165, 1.54) is 17.7 Å². The van der Waals surface area contributed by atoms with Gasteiger partial charge in [0.15, 0.2) is 0 Å². The number of aryl methyl sites for hydroxylation is 2. The molecule has 0 aliphatic heterocycles. The summed E-state index contributed by atoms with van der Waals surface area (Å²) in [5, 5.41) is 0. The molecule has 3 heterocycles. The van der Waals surface area contributed by atoms with Crippen LogP contribution in [0.3, 0.4) is 0 Å². The number of rotatable bonds is 7. The van der Waals surface area contributed by atoms with E-state index in [1.54, 1.807) is 25.4 Å². The molecule has 1 aliphatic carbocycles. The highest BCUT2D eigenvalue weighted by molar-refractivity contribution is 5.70. The molecule has 2 atom stereocenters. The zero-order valence-electron chi connectivity index (χ0n) is 17.7. The lowest BCUT2D eigenvalue weighted by Gasteiger charge is -2.12. The van der Waals surface area contributed by atoms with Gasteiger partial charge in [-0.2, -0.15) is 4.98 Å². The van der Waals surface area contributed by atoms with Crippen molar-refractivity contribution < 1.29 is 14.3 Å². The van der Waals surface area contributed by atoms with E-state index in [1.807, 2.05) is 13.1 Å². The zero-order valence-corrected chi connectivity index (χ0v) is 17.7. The summed E-state index contributed by atoms with van der Waals surface area (Å²) in [7, 11) is 1.29. The molecule has 0 aromatic carbocycles. The molecule has 8 heteroatoms. The molecule has 31 heavy (non-hydrogen) atoms. The maximum Gasteiger partial charge on any atom is 0.325 e. The molecule has 0 N–H and O–H groups in total. The monoisotopic (exact) mass is 420 g/mol. The third-order valence-corrected chi connectivity index (χ3v) is 5.37. The Hall–Kier alpha value is -3.55. The van der Waals surface area contributed by atoms with Crippen molar-refractivity contribution in [1.82, 2.24) is 19.5 Å². The fourth-order valence-electron chi connectivity index (χ4n) is 3.45. The van der Waals surface area contributed by atoms with Crippen LogP contribution in [0.25, 0.3) is 11.1 Å². The molecular formula is C23H24N4O4. The van der Waals surface area contributed by atoms with Crippen LogP contribution in [0, 0.1) is 19.8 Å². The average Bonchev–Trinajstić information content (AvgIpc) is 3.54. The van der Waals surface area contributed by atoms with Crippen molar-refractivity contribution >= 4 is 5.97 Å². The molecular weight excluding hydrogens is 396 g/mol. The number of pyridine rings is 2. The van der Waals surface area contributed by atoms with E-state index in [0.717, 1.165) is 17.7 Å². The number of esters is 1. The Bertz CT molecular complexity index is 1160. The molecule has 1 fully saturated rings. The molecule has 0 bridgehead atoms. The van der Waals surface area contributed by atoms with Crippen molar-refractivity contribution in [2.45, 2.75) is 32.7 Å². The maximum atomic E-state index is 12.1. The molecule has 3 aromatic rings. The number of carbonyl (C=O) groups is 1. The van der Waals surface area contributed by atoms with Gasteiger partial charge in [-0.3, -0.25) is 14.6 Å². The predicted molar refractivity (Wildman–Crippen MR) is 114 cm³/mol. The van der Waals surface area contributed by atoms with Crippen molar-refractivity contribution in [2.75, 3.05) is 13.7 Å². The Balaban J connectivity index is 1.52. The molecule has 1 aliphatic rings. The van der Waals surface area contributed by atoms with Crippen molar-refractivity contribution in [2.24, 2.45) is 5.92 Å². The molecule has 3 aromatic heterocycles. The molecule has 4 rings (SSSR count). The van der Waals surface area contributed by atoms with Crippen LogP contribution in [0.15, 0.2) is 47.7 Å². The maximum absolute atomic E-state index is 12.1. The minimum Gasteiger partial charge on any atom is -0.477 e. The van der Waals surface area contributed by atoms with Crippen molar-refractivity contribution in [3.63, 3.8) is 0 Å². The third kappa shape index (κ3) is 4.79. The summed E-state index contributed by atoms with van der Waals surface area (Å²) in [5.41, 5.74) is 3.29. The minimum absolute atomic E-state index is 0.167. The lowest BCUT2D eigenvalue weighted by Crippen LogP contribution is -2.23. The fraction of sp³-hybridized carbons (Fsp3) is 0.348. The normalized spacial score (nSPS) is 17.3. The Kier molecular flexibility index (Phi) is 5.79. The summed E-state index contributed by atoms with van der Waals surface area (Å²) in [5.74, 6) is 1.33. The van der Waals surface area contributed by atoms with Gasteiger partial charge in [-0.05, 0) is 38.0 Å². The molecule has 0 saturated heterocycles. The summed E-state index contributed by atoms with van der Waals surface area (Å²) in [4.78, 5) is 37.0. The quantitative estimate of drug-likeness (QED) is 0.542. The Labute approximate surface area is 179 Å². The molecule has 0 radical (unpaired) electrons. The Morgan fingerprint density at radius 2 is 2.00 bits per heavy atom. The van der Waals surface area contributed by atoms with Crippen LogP contribution in [0.2, 0.25) is 0 Å². The predicted octanol–water partition coefficient (Wildman–Crippen LogP) is 2.67. The second-order valence-electron chi connectivity index (χ2n) is 7.77.